The van der Waals surface area contributed by atoms with E-state index in [4.69, 9.17) is 17.0 Å². The van der Waals surface area contributed by atoms with Gasteiger partial charge >= 0.3 is 0 Å². The van der Waals surface area contributed by atoms with Crippen LogP contribution in [0.15, 0.2) is 29.2 Å². The van der Waals surface area contributed by atoms with Gasteiger partial charge in [0.05, 0.1) is 18.1 Å². The zero-order valence-electron chi connectivity index (χ0n) is 15.6. The van der Waals surface area contributed by atoms with Gasteiger partial charge in [-0.15, -0.1) is 0 Å². The number of amides is 1. The second-order valence-electron chi connectivity index (χ2n) is 6.24. The van der Waals surface area contributed by atoms with E-state index in [9.17, 15) is 13.2 Å². The van der Waals surface area contributed by atoms with Crippen molar-refractivity contribution in [2.45, 2.75) is 24.8 Å². The van der Waals surface area contributed by atoms with E-state index in [1.165, 1.54) is 16.4 Å². The fourth-order valence-corrected chi connectivity index (χ4v) is 4.73. The summed E-state index contributed by atoms with van der Waals surface area (Å²) in [6.45, 7) is 4.38. The van der Waals surface area contributed by atoms with Crippen molar-refractivity contribution in [1.29, 1.82) is 0 Å². The minimum Gasteiger partial charge on any atom is -0.379 e. The second-order valence-corrected chi connectivity index (χ2v) is 8.56. The van der Waals surface area contributed by atoms with Crippen LogP contribution in [0.5, 0.6) is 0 Å². The summed E-state index contributed by atoms with van der Waals surface area (Å²) in [6, 6.07) is 6.07. The van der Waals surface area contributed by atoms with Gasteiger partial charge in [-0.3, -0.25) is 9.89 Å². The number of carbonyl (C=O) groups is 1. The molecule has 0 unspecified atom stereocenters. The van der Waals surface area contributed by atoms with Crippen LogP contribution in [0.1, 0.15) is 23.1 Å². The molecule has 0 spiro atoms. The van der Waals surface area contributed by atoms with Crippen LogP contribution in [-0.2, 0) is 27.7 Å². The number of H-pyrrole nitrogens is 1. The molecule has 2 aromatic rings. The second kappa shape index (κ2) is 8.95. The molecule has 1 fully saturated rings. The summed E-state index contributed by atoms with van der Waals surface area (Å²) in [4.78, 5) is 12.6. The maximum absolute atomic E-state index is 12.7. The molecule has 0 radical (unpaired) electrons. The largest absolute Gasteiger partial charge is 0.379 e. The number of hydrogen-bond acceptors (Lipinski definition) is 6. The van der Waals surface area contributed by atoms with Crippen LogP contribution in [0.25, 0.3) is 0 Å². The predicted molar refractivity (Wildman–Crippen MR) is 105 cm³/mol. The summed E-state index contributed by atoms with van der Waals surface area (Å²) in [6.07, 6.45) is 0.512. The molecule has 1 aliphatic rings. The van der Waals surface area contributed by atoms with Gasteiger partial charge in [0.25, 0.3) is 5.91 Å². The van der Waals surface area contributed by atoms with Crippen LogP contribution in [0.4, 0.5) is 0 Å². The molecule has 11 heteroatoms. The lowest BCUT2D eigenvalue weighted by Crippen LogP contribution is -2.40. The van der Waals surface area contributed by atoms with Crippen LogP contribution in [0.2, 0.25) is 0 Å². The Morgan fingerprint density at radius 2 is 2.11 bits per heavy atom. The molecule has 2 N–H and O–H groups in total. The number of ether oxygens (including phenoxy) is 1. The molecule has 0 aliphatic carbocycles. The maximum Gasteiger partial charge on any atom is 0.251 e. The Kier molecular flexibility index (Phi) is 6.60. The number of carbonyl (C=O) groups excluding carboxylic acids is 1. The lowest BCUT2D eigenvalue weighted by Gasteiger charge is -2.26. The lowest BCUT2D eigenvalue weighted by molar-refractivity contribution is 0.0730. The van der Waals surface area contributed by atoms with Crippen molar-refractivity contribution in [3.63, 3.8) is 0 Å². The lowest BCUT2D eigenvalue weighted by atomic mass is 10.2. The molecular formula is C17H23N5O4S2. The summed E-state index contributed by atoms with van der Waals surface area (Å²) in [5.41, 5.74) is 0.295. The number of aromatic nitrogens is 3. The number of hydrogen-bond donors (Lipinski definition) is 2. The van der Waals surface area contributed by atoms with E-state index in [1.54, 1.807) is 12.1 Å². The monoisotopic (exact) mass is 425 g/mol. The molecule has 0 saturated carbocycles. The molecule has 9 nitrogen and oxygen atoms in total. The van der Waals surface area contributed by atoms with Crippen molar-refractivity contribution in [3.05, 3.63) is 40.4 Å². The Bertz CT molecular complexity index is 993. The normalized spacial score (nSPS) is 15.5. The third-order valence-corrected chi connectivity index (χ3v) is 6.70. The number of nitrogens with one attached hydrogen (secondary N) is 2. The Morgan fingerprint density at radius 3 is 2.82 bits per heavy atom. The molecule has 152 valence electrons. The summed E-state index contributed by atoms with van der Waals surface area (Å²) in [5, 5.41) is 9.69. The van der Waals surface area contributed by atoms with Gasteiger partial charge in [-0.1, -0.05) is 6.07 Å². The summed E-state index contributed by atoms with van der Waals surface area (Å²) < 4.78 is 34.5. The van der Waals surface area contributed by atoms with Crippen LogP contribution < -0.4 is 5.32 Å². The summed E-state index contributed by atoms with van der Waals surface area (Å²) >= 11 is 5.14. The minimum absolute atomic E-state index is 0.105. The van der Waals surface area contributed by atoms with Crippen molar-refractivity contribution in [1.82, 2.24) is 24.4 Å². The first-order valence-electron chi connectivity index (χ1n) is 9.03. The van der Waals surface area contributed by atoms with Gasteiger partial charge in [-0.2, -0.15) is 9.40 Å². The number of rotatable bonds is 7. The summed E-state index contributed by atoms with van der Waals surface area (Å²) in [5.74, 6) is 0.424. The van der Waals surface area contributed by atoms with E-state index in [2.05, 4.69) is 15.5 Å². The zero-order chi connectivity index (χ0) is 20.1. The Hall–Kier alpha value is -2.08. The highest BCUT2D eigenvalue weighted by atomic mass is 32.2. The number of aromatic amines is 1. The van der Waals surface area contributed by atoms with Gasteiger partial charge in [0.2, 0.25) is 10.0 Å². The maximum atomic E-state index is 12.7. The highest BCUT2D eigenvalue weighted by Gasteiger charge is 2.26. The Labute approximate surface area is 168 Å². The van der Waals surface area contributed by atoms with E-state index in [-0.39, 0.29) is 10.8 Å². The fourth-order valence-electron chi connectivity index (χ4n) is 2.99. The summed E-state index contributed by atoms with van der Waals surface area (Å²) in [7, 11) is -3.64. The molecule has 1 saturated heterocycles. The molecule has 0 atom stereocenters. The fraction of sp³-hybridized carbons (Fsp3) is 0.471. The van der Waals surface area contributed by atoms with Crippen molar-refractivity contribution in [2.75, 3.05) is 32.8 Å². The van der Waals surface area contributed by atoms with E-state index < -0.39 is 10.0 Å². The first-order valence-corrected chi connectivity index (χ1v) is 10.9. The molecule has 1 amide bonds. The Morgan fingerprint density at radius 1 is 1.36 bits per heavy atom. The van der Waals surface area contributed by atoms with Gasteiger partial charge in [0.1, 0.15) is 5.82 Å². The van der Waals surface area contributed by atoms with Gasteiger partial charge in [-0.05, 0) is 37.3 Å². The number of nitrogens with zero attached hydrogens (tertiary/aromatic N) is 3. The molecule has 0 bridgehead atoms. The third-order valence-electron chi connectivity index (χ3n) is 4.49. The molecule has 1 aliphatic heterocycles. The van der Waals surface area contributed by atoms with Crippen molar-refractivity contribution < 1.29 is 17.9 Å². The highest BCUT2D eigenvalue weighted by molar-refractivity contribution is 7.89. The van der Waals surface area contributed by atoms with Gasteiger partial charge in [-0.25, -0.2) is 8.42 Å². The van der Waals surface area contributed by atoms with E-state index in [1.807, 2.05) is 11.5 Å². The van der Waals surface area contributed by atoms with Crippen LogP contribution in [0, 0.1) is 4.77 Å². The topological polar surface area (TPSA) is 109 Å². The van der Waals surface area contributed by atoms with Crippen molar-refractivity contribution in [3.8, 4) is 0 Å². The van der Waals surface area contributed by atoms with Crippen molar-refractivity contribution in [2.24, 2.45) is 0 Å². The van der Waals surface area contributed by atoms with E-state index in [0.717, 1.165) is 5.82 Å². The van der Waals surface area contributed by atoms with Crippen molar-refractivity contribution >= 4 is 28.1 Å². The number of benzene rings is 1. The van der Waals surface area contributed by atoms with E-state index in [0.29, 0.717) is 56.1 Å². The number of morpholine rings is 1. The van der Waals surface area contributed by atoms with Gasteiger partial charge < -0.3 is 14.6 Å². The molecular weight excluding hydrogens is 402 g/mol. The average molecular weight is 426 g/mol. The highest BCUT2D eigenvalue weighted by Crippen LogP contribution is 2.18. The Balaban J connectivity index is 1.66. The van der Waals surface area contributed by atoms with Crippen LogP contribution in [-0.4, -0.2) is 66.2 Å². The third kappa shape index (κ3) is 4.49. The molecule has 1 aromatic carbocycles. The minimum atomic E-state index is -3.64. The SMILES string of the molecule is CCn1c(CCNC(=O)c2cccc(S(=O)(=O)N3CCOCC3)c2)n[nH]c1=S. The standard InChI is InChI=1S/C17H23N5O4S2/c1-2-22-15(19-20-17(22)27)6-7-18-16(23)13-4-3-5-14(12-13)28(24,25)21-8-10-26-11-9-21/h3-5,12H,2,6-11H2,1H3,(H,18,23)(H,20,27). The van der Waals surface area contributed by atoms with Gasteiger partial charge in [0, 0.05) is 38.2 Å². The van der Waals surface area contributed by atoms with Crippen LogP contribution >= 0.6 is 12.2 Å². The average Bonchev–Trinajstić information content (AvgIpc) is 3.08. The van der Waals surface area contributed by atoms with Crippen LogP contribution in [0.3, 0.4) is 0 Å². The number of sulfonamides is 1. The van der Waals surface area contributed by atoms with Gasteiger partial charge in [0.15, 0.2) is 4.77 Å². The molecule has 1 aromatic heterocycles. The zero-order valence-corrected chi connectivity index (χ0v) is 17.2. The molecule has 3 rings (SSSR count). The smallest absolute Gasteiger partial charge is 0.251 e. The van der Waals surface area contributed by atoms with E-state index >= 15 is 0 Å². The quantitative estimate of drug-likeness (QED) is 0.640. The molecule has 2 heterocycles. The molecule has 28 heavy (non-hydrogen) atoms. The first-order chi connectivity index (χ1) is 13.4. The first kappa shape index (κ1) is 20.6. The predicted octanol–water partition coefficient (Wildman–Crippen LogP) is 0.954.